The molecular weight excluding hydrogens is 418 g/mol. The Morgan fingerprint density at radius 1 is 0.844 bits per heavy atom. The summed E-state index contributed by atoms with van der Waals surface area (Å²) in [6.45, 7) is 4.35. The second-order valence-electron chi connectivity index (χ2n) is 7.80. The summed E-state index contributed by atoms with van der Waals surface area (Å²) in [5, 5.41) is 11.2. The lowest BCUT2D eigenvalue weighted by Gasteiger charge is -2.05. The molecule has 0 unspecified atom stereocenters. The first-order chi connectivity index (χ1) is 15.5. The number of amides is 1. The summed E-state index contributed by atoms with van der Waals surface area (Å²) in [4.78, 5) is 13.8. The zero-order chi connectivity index (χ0) is 22.3. The Kier molecular flexibility index (Phi) is 7.02. The van der Waals surface area contributed by atoms with Crippen LogP contribution in [-0.4, -0.2) is 21.4 Å². The number of thioether (sulfide) groups is 1. The minimum absolute atomic E-state index is 0.102. The molecule has 0 radical (unpaired) electrons. The van der Waals surface area contributed by atoms with Crippen LogP contribution in [0.3, 0.4) is 0 Å². The zero-order valence-electron chi connectivity index (χ0n) is 18.1. The molecule has 1 N–H and O–H groups in total. The number of carbonyl (C=O) groups excluding carboxylic acids is 1. The van der Waals surface area contributed by atoms with E-state index in [0.29, 0.717) is 23.1 Å². The van der Waals surface area contributed by atoms with Crippen LogP contribution < -0.4 is 5.32 Å². The van der Waals surface area contributed by atoms with Gasteiger partial charge in [-0.05, 0) is 47.4 Å². The van der Waals surface area contributed by atoms with Gasteiger partial charge in [-0.1, -0.05) is 73.5 Å². The van der Waals surface area contributed by atoms with Crippen molar-refractivity contribution in [3.63, 3.8) is 0 Å². The summed E-state index contributed by atoms with van der Waals surface area (Å²) < 4.78 is 5.62. The smallest absolute Gasteiger partial charge is 0.322 e. The fourth-order valence-electron chi connectivity index (χ4n) is 3.28. The van der Waals surface area contributed by atoms with Crippen LogP contribution in [0.2, 0.25) is 0 Å². The van der Waals surface area contributed by atoms with E-state index < -0.39 is 0 Å². The van der Waals surface area contributed by atoms with Crippen LogP contribution in [0.15, 0.2) is 88.2 Å². The Labute approximate surface area is 192 Å². The molecule has 0 spiro atoms. The third-order valence-corrected chi connectivity index (χ3v) is 5.82. The van der Waals surface area contributed by atoms with E-state index in [9.17, 15) is 4.79 Å². The lowest BCUT2D eigenvalue weighted by Crippen LogP contribution is -2.12. The molecule has 0 atom stereocenters. The van der Waals surface area contributed by atoms with Crippen molar-refractivity contribution in [3.05, 3.63) is 107 Å². The van der Waals surface area contributed by atoms with Gasteiger partial charge in [-0.25, -0.2) is 0 Å². The molecule has 0 aliphatic carbocycles. The molecule has 0 aliphatic rings. The Balaban J connectivity index is 1.33. The third-order valence-electron chi connectivity index (χ3n) is 4.80. The molecule has 0 fully saturated rings. The second-order valence-corrected chi connectivity index (χ2v) is 9.45. The van der Waals surface area contributed by atoms with E-state index in [1.165, 1.54) is 10.5 Å². The van der Waals surface area contributed by atoms with Gasteiger partial charge >= 0.3 is 6.01 Å². The molecule has 0 aliphatic heterocycles. The van der Waals surface area contributed by atoms with Gasteiger partial charge in [-0.15, -0.1) is 16.9 Å². The number of aromatic nitrogens is 2. The van der Waals surface area contributed by atoms with Gasteiger partial charge in [-0.2, -0.15) is 0 Å². The molecule has 1 amide bonds. The molecule has 162 valence electrons. The molecule has 4 aromatic rings. The minimum Gasteiger partial charge on any atom is -0.407 e. The van der Waals surface area contributed by atoms with Gasteiger partial charge in [0.2, 0.25) is 5.89 Å². The molecular formula is C26H25N3O2S. The van der Waals surface area contributed by atoms with Gasteiger partial charge in [-0.3, -0.25) is 10.1 Å². The molecule has 0 bridgehead atoms. The van der Waals surface area contributed by atoms with Crippen molar-refractivity contribution in [2.24, 2.45) is 0 Å². The largest absolute Gasteiger partial charge is 0.407 e. The van der Waals surface area contributed by atoms with E-state index in [1.807, 2.05) is 54.2 Å². The molecule has 6 heteroatoms. The maximum absolute atomic E-state index is 12.5. The number of nitrogens with one attached hydrogen (secondary N) is 1. The van der Waals surface area contributed by atoms with Crippen molar-refractivity contribution >= 4 is 23.7 Å². The van der Waals surface area contributed by atoms with E-state index in [0.717, 1.165) is 17.5 Å². The third kappa shape index (κ3) is 6.08. The number of rotatable bonds is 8. The molecule has 4 rings (SSSR count). The fraction of sp³-hybridized carbons (Fsp3) is 0.192. The zero-order valence-corrected chi connectivity index (χ0v) is 18.9. The molecule has 5 nitrogen and oxygen atoms in total. The lowest BCUT2D eigenvalue weighted by molar-refractivity contribution is 0.102. The maximum Gasteiger partial charge on any atom is 0.322 e. The number of benzene rings is 3. The van der Waals surface area contributed by atoms with Crippen LogP contribution in [0.1, 0.15) is 46.8 Å². The molecule has 0 saturated carbocycles. The molecule has 32 heavy (non-hydrogen) atoms. The Morgan fingerprint density at radius 3 is 2.16 bits per heavy atom. The van der Waals surface area contributed by atoms with Crippen molar-refractivity contribution in [3.8, 4) is 0 Å². The number of anilines is 1. The quantitative estimate of drug-likeness (QED) is 0.338. The minimum atomic E-state index is -0.276. The van der Waals surface area contributed by atoms with Crippen LogP contribution in [0.25, 0.3) is 0 Å². The Morgan fingerprint density at radius 2 is 1.47 bits per heavy atom. The fourth-order valence-corrected chi connectivity index (χ4v) is 4.12. The average molecular weight is 444 g/mol. The van der Waals surface area contributed by atoms with Crippen molar-refractivity contribution in [1.29, 1.82) is 0 Å². The second kappa shape index (κ2) is 10.3. The standard InChI is InChI=1S/C26H25N3O2S/c1-18(2)32-23-14-10-21(11-15-23)17-24-28-29-26(31-24)27-25(30)22-12-8-20(9-13-22)16-19-6-4-3-5-7-19/h3-15,18H,16-17H2,1-2H3,(H,27,29,30). The number of carbonyl (C=O) groups is 1. The monoisotopic (exact) mass is 443 g/mol. The molecule has 3 aromatic carbocycles. The predicted molar refractivity (Wildman–Crippen MR) is 128 cm³/mol. The number of hydrogen-bond acceptors (Lipinski definition) is 5. The summed E-state index contributed by atoms with van der Waals surface area (Å²) in [7, 11) is 0. The topological polar surface area (TPSA) is 68.0 Å². The van der Waals surface area contributed by atoms with Crippen LogP contribution in [0.5, 0.6) is 0 Å². The predicted octanol–water partition coefficient (Wildman–Crippen LogP) is 6.00. The first kappa shape index (κ1) is 21.8. The molecule has 1 aromatic heterocycles. The van der Waals surface area contributed by atoms with Crippen LogP contribution in [-0.2, 0) is 12.8 Å². The maximum atomic E-state index is 12.5. The average Bonchev–Trinajstić information content (AvgIpc) is 3.22. The Hall–Kier alpha value is -3.38. The highest BCUT2D eigenvalue weighted by molar-refractivity contribution is 7.99. The first-order valence-corrected chi connectivity index (χ1v) is 11.5. The van der Waals surface area contributed by atoms with E-state index in [-0.39, 0.29) is 11.9 Å². The van der Waals surface area contributed by atoms with E-state index in [2.05, 4.69) is 65.8 Å². The highest BCUT2D eigenvalue weighted by atomic mass is 32.2. The van der Waals surface area contributed by atoms with Gasteiger partial charge in [0.15, 0.2) is 0 Å². The van der Waals surface area contributed by atoms with Gasteiger partial charge in [0.1, 0.15) is 0 Å². The summed E-state index contributed by atoms with van der Waals surface area (Å²) in [6, 6.07) is 26.2. The normalized spacial score (nSPS) is 11.0. The SMILES string of the molecule is CC(C)Sc1ccc(Cc2nnc(NC(=O)c3ccc(Cc4ccccc4)cc3)o2)cc1. The summed E-state index contributed by atoms with van der Waals surface area (Å²) in [5.74, 6) is 0.185. The number of hydrogen-bond donors (Lipinski definition) is 1. The highest BCUT2D eigenvalue weighted by Gasteiger charge is 2.12. The van der Waals surface area contributed by atoms with Gasteiger partial charge < -0.3 is 4.42 Å². The van der Waals surface area contributed by atoms with Crippen LogP contribution in [0, 0.1) is 0 Å². The van der Waals surface area contributed by atoms with Crippen LogP contribution >= 0.6 is 11.8 Å². The highest BCUT2D eigenvalue weighted by Crippen LogP contribution is 2.23. The van der Waals surface area contributed by atoms with Gasteiger partial charge in [0.25, 0.3) is 5.91 Å². The van der Waals surface area contributed by atoms with E-state index in [1.54, 1.807) is 0 Å². The van der Waals surface area contributed by atoms with Gasteiger partial charge in [0, 0.05) is 15.7 Å². The lowest BCUT2D eigenvalue weighted by atomic mass is 10.0. The van der Waals surface area contributed by atoms with Crippen molar-refractivity contribution in [2.75, 3.05) is 5.32 Å². The Bertz CT molecular complexity index is 1150. The van der Waals surface area contributed by atoms with E-state index in [4.69, 9.17) is 4.42 Å². The first-order valence-electron chi connectivity index (χ1n) is 10.6. The summed E-state index contributed by atoms with van der Waals surface area (Å²) in [5.41, 5.74) is 4.00. The molecule has 0 saturated heterocycles. The molecule has 1 heterocycles. The summed E-state index contributed by atoms with van der Waals surface area (Å²) >= 11 is 1.82. The van der Waals surface area contributed by atoms with Crippen molar-refractivity contribution in [1.82, 2.24) is 10.2 Å². The summed E-state index contributed by atoms with van der Waals surface area (Å²) in [6.07, 6.45) is 1.34. The van der Waals surface area contributed by atoms with Crippen LogP contribution in [0.4, 0.5) is 6.01 Å². The van der Waals surface area contributed by atoms with Crippen molar-refractivity contribution in [2.45, 2.75) is 36.8 Å². The van der Waals surface area contributed by atoms with Crippen molar-refractivity contribution < 1.29 is 9.21 Å². The van der Waals surface area contributed by atoms with E-state index >= 15 is 0 Å². The number of nitrogens with zero attached hydrogens (tertiary/aromatic N) is 2. The van der Waals surface area contributed by atoms with Gasteiger partial charge in [0.05, 0.1) is 6.42 Å².